The predicted octanol–water partition coefficient (Wildman–Crippen LogP) is 2.51. The quantitative estimate of drug-likeness (QED) is 0.721. The number of aliphatic hydroxyl groups excluding tert-OH is 1. The van der Waals surface area contributed by atoms with Gasteiger partial charge in [0.2, 0.25) is 0 Å². The summed E-state index contributed by atoms with van der Waals surface area (Å²) in [4.78, 5) is 0. The fourth-order valence-corrected chi connectivity index (χ4v) is 2.27. The summed E-state index contributed by atoms with van der Waals surface area (Å²) >= 11 is 3.45. The summed E-state index contributed by atoms with van der Waals surface area (Å²) in [7, 11) is 0. The van der Waals surface area contributed by atoms with Gasteiger partial charge < -0.3 is 19.9 Å². The van der Waals surface area contributed by atoms with E-state index >= 15 is 0 Å². The van der Waals surface area contributed by atoms with E-state index in [0.717, 1.165) is 15.8 Å². The lowest BCUT2D eigenvalue weighted by Gasteiger charge is -2.18. The molecule has 0 aromatic heterocycles. The zero-order valence-corrected chi connectivity index (χ0v) is 13.9. The van der Waals surface area contributed by atoms with Crippen LogP contribution in [0.25, 0.3) is 0 Å². The summed E-state index contributed by atoms with van der Waals surface area (Å²) in [5, 5.41) is 13.1. The lowest BCUT2D eigenvalue weighted by Crippen LogP contribution is -2.38. The Hall–Kier alpha value is -0.620. The molecular weight excluding hydrogens is 322 g/mol. The number of aryl methyl sites for hydroxylation is 1. The maximum Gasteiger partial charge on any atom is 0.133 e. The Labute approximate surface area is 129 Å². The van der Waals surface area contributed by atoms with Crippen LogP contribution in [0.5, 0.6) is 5.75 Å². The molecule has 0 fully saturated rings. The van der Waals surface area contributed by atoms with Crippen LogP contribution < -0.4 is 10.1 Å². The average molecular weight is 346 g/mol. The molecule has 2 atom stereocenters. The molecule has 0 saturated heterocycles. The summed E-state index contributed by atoms with van der Waals surface area (Å²) in [6.45, 7) is 8.11. The van der Waals surface area contributed by atoms with Gasteiger partial charge in [0.1, 0.15) is 18.5 Å². The zero-order chi connectivity index (χ0) is 15.0. The molecule has 1 rings (SSSR count). The third-order valence-electron chi connectivity index (χ3n) is 2.79. The molecule has 20 heavy (non-hydrogen) atoms. The highest BCUT2D eigenvalue weighted by Gasteiger charge is 2.09. The van der Waals surface area contributed by atoms with Crippen LogP contribution in [-0.2, 0) is 4.74 Å². The van der Waals surface area contributed by atoms with Crippen LogP contribution >= 0.6 is 15.9 Å². The number of ether oxygens (including phenoxy) is 2. The summed E-state index contributed by atoms with van der Waals surface area (Å²) in [5.74, 6) is 0.747. The third-order valence-corrected chi connectivity index (χ3v) is 3.41. The van der Waals surface area contributed by atoms with Crippen LogP contribution in [0, 0.1) is 6.92 Å². The van der Waals surface area contributed by atoms with Crippen LogP contribution in [0.4, 0.5) is 0 Å². The van der Waals surface area contributed by atoms with E-state index in [-0.39, 0.29) is 12.6 Å². The molecule has 4 nitrogen and oxygen atoms in total. The summed E-state index contributed by atoms with van der Waals surface area (Å²) in [6, 6.07) is 6.09. The van der Waals surface area contributed by atoms with Crippen molar-refractivity contribution in [2.24, 2.45) is 0 Å². The van der Waals surface area contributed by atoms with Crippen LogP contribution in [0.2, 0.25) is 0 Å². The highest BCUT2D eigenvalue weighted by Crippen LogP contribution is 2.25. The topological polar surface area (TPSA) is 50.7 Å². The molecule has 1 aromatic rings. The highest BCUT2D eigenvalue weighted by atomic mass is 79.9. The van der Waals surface area contributed by atoms with Crippen molar-refractivity contribution in [3.63, 3.8) is 0 Å². The van der Waals surface area contributed by atoms with Gasteiger partial charge in [-0.15, -0.1) is 0 Å². The van der Waals surface area contributed by atoms with Crippen LogP contribution in [0.1, 0.15) is 19.4 Å². The molecule has 2 N–H and O–H groups in total. The lowest BCUT2D eigenvalue weighted by atomic mass is 10.2. The molecule has 5 heteroatoms. The number of benzene rings is 1. The SMILES string of the molecule is CCOCC(C)NCC(O)COc1ccc(C)cc1Br. The summed E-state index contributed by atoms with van der Waals surface area (Å²) in [6.07, 6.45) is -0.549. The number of hydrogen-bond donors (Lipinski definition) is 2. The summed E-state index contributed by atoms with van der Waals surface area (Å²) in [5.41, 5.74) is 1.16. The van der Waals surface area contributed by atoms with E-state index < -0.39 is 6.10 Å². The van der Waals surface area contributed by atoms with Gasteiger partial charge in [-0.2, -0.15) is 0 Å². The van der Waals surface area contributed by atoms with Gasteiger partial charge in [-0.25, -0.2) is 0 Å². The van der Waals surface area contributed by atoms with Crippen molar-refractivity contribution in [1.29, 1.82) is 0 Å². The van der Waals surface area contributed by atoms with Gasteiger partial charge in [0.25, 0.3) is 0 Å². The monoisotopic (exact) mass is 345 g/mol. The van der Waals surface area contributed by atoms with E-state index in [0.29, 0.717) is 19.8 Å². The molecule has 0 spiro atoms. The Morgan fingerprint density at radius 2 is 2.10 bits per heavy atom. The van der Waals surface area contributed by atoms with Crippen molar-refractivity contribution >= 4 is 15.9 Å². The first-order valence-electron chi connectivity index (χ1n) is 6.91. The van der Waals surface area contributed by atoms with Crippen molar-refractivity contribution in [2.75, 3.05) is 26.4 Å². The van der Waals surface area contributed by atoms with Crippen molar-refractivity contribution in [2.45, 2.75) is 32.9 Å². The lowest BCUT2D eigenvalue weighted by molar-refractivity contribution is 0.0905. The number of hydrogen-bond acceptors (Lipinski definition) is 4. The van der Waals surface area contributed by atoms with Crippen LogP contribution in [-0.4, -0.2) is 43.6 Å². The van der Waals surface area contributed by atoms with E-state index in [4.69, 9.17) is 9.47 Å². The minimum Gasteiger partial charge on any atom is -0.490 e. The summed E-state index contributed by atoms with van der Waals surface area (Å²) < 4.78 is 11.8. The van der Waals surface area contributed by atoms with Crippen LogP contribution in [0.3, 0.4) is 0 Å². The normalized spacial score (nSPS) is 14.1. The maximum atomic E-state index is 9.89. The second-order valence-corrected chi connectivity index (χ2v) is 5.72. The van der Waals surface area contributed by atoms with Gasteiger partial charge in [0.05, 0.1) is 11.1 Å². The zero-order valence-electron chi connectivity index (χ0n) is 12.4. The molecular formula is C15H24BrNO3. The third kappa shape index (κ3) is 6.70. The second kappa shape index (κ2) is 9.34. The Morgan fingerprint density at radius 1 is 1.35 bits per heavy atom. The second-order valence-electron chi connectivity index (χ2n) is 4.87. The fraction of sp³-hybridized carbons (Fsp3) is 0.600. The number of halogens is 1. The smallest absolute Gasteiger partial charge is 0.133 e. The van der Waals surface area contributed by atoms with E-state index in [1.807, 2.05) is 39.0 Å². The molecule has 0 aliphatic heterocycles. The Morgan fingerprint density at radius 3 is 2.75 bits per heavy atom. The minimum atomic E-state index is -0.549. The molecule has 0 radical (unpaired) electrons. The van der Waals surface area contributed by atoms with Gasteiger partial charge in [0, 0.05) is 19.2 Å². The van der Waals surface area contributed by atoms with Crippen molar-refractivity contribution in [3.05, 3.63) is 28.2 Å². The van der Waals surface area contributed by atoms with Gasteiger partial charge in [-0.3, -0.25) is 0 Å². The Bertz CT molecular complexity index is 401. The highest BCUT2D eigenvalue weighted by molar-refractivity contribution is 9.10. The molecule has 0 aliphatic carbocycles. The molecule has 114 valence electrons. The first-order chi connectivity index (χ1) is 9.52. The van der Waals surface area contributed by atoms with Crippen molar-refractivity contribution in [3.8, 4) is 5.75 Å². The van der Waals surface area contributed by atoms with Gasteiger partial charge in [0.15, 0.2) is 0 Å². The first kappa shape index (κ1) is 17.4. The predicted molar refractivity (Wildman–Crippen MR) is 84.3 cm³/mol. The van der Waals surface area contributed by atoms with E-state index in [1.54, 1.807) is 0 Å². The van der Waals surface area contributed by atoms with Gasteiger partial charge in [-0.05, 0) is 54.4 Å². The molecule has 0 heterocycles. The minimum absolute atomic E-state index is 0.218. The van der Waals surface area contributed by atoms with Crippen molar-refractivity contribution < 1.29 is 14.6 Å². The molecule has 0 amide bonds. The maximum absolute atomic E-state index is 9.89. The van der Waals surface area contributed by atoms with Gasteiger partial charge >= 0.3 is 0 Å². The molecule has 0 saturated carbocycles. The first-order valence-corrected chi connectivity index (χ1v) is 7.70. The van der Waals surface area contributed by atoms with Gasteiger partial charge in [-0.1, -0.05) is 6.07 Å². The average Bonchev–Trinajstić information content (AvgIpc) is 2.41. The Balaban J connectivity index is 2.27. The van der Waals surface area contributed by atoms with E-state index in [2.05, 4.69) is 21.2 Å². The van der Waals surface area contributed by atoms with E-state index in [1.165, 1.54) is 0 Å². The number of rotatable bonds is 9. The molecule has 0 aliphatic rings. The largest absolute Gasteiger partial charge is 0.490 e. The number of nitrogens with one attached hydrogen (secondary N) is 1. The molecule has 2 unspecified atom stereocenters. The standard InChI is InChI=1S/C15H24BrNO3/c1-4-19-9-12(3)17-8-13(18)10-20-15-6-5-11(2)7-14(15)16/h5-7,12-13,17-18H,4,8-10H2,1-3H3. The van der Waals surface area contributed by atoms with Crippen LogP contribution in [0.15, 0.2) is 22.7 Å². The number of aliphatic hydroxyl groups is 1. The molecule has 1 aromatic carbocycles. The van der Waals surface area contributed by atoms with Crippen molar-refractivity contribution in [1.82, 2.24) is 5.32 Å². The van der Waals surface area contributed by atoms with E-state index in [9.17, 15) is 5.11 Å². The fourth-order valence-electron chi connectivity index (χ4n) is 1.66. The molecule has 0 bridgehead atoms. The Kier molecular flexibility index (Phi) is 8.14.